The van der Waals surface area contributed by atoms with Crippen LogP contribution < -0.4 is 5.32 Å². The highest BCUT2D eigenvalue weighted by Crippen LogP contribution is 2.22. The Hall–Kier alpha value is -2.92. The van der Waals surface area contributed by atoms with E-state index in [2.05, 4.69) is 5.32 Å². The minimum atomic E-state index is -0.545. The van der Waals surface area contributed by atoms with E-state index in [0.29, 0.717) is 5.69 Å². The highest BCUT2D eigenvalue weighted by atomic mass is 32.1. The molecule has 24 heavy (non-hydrogen) atoms. The van der Waals surface area contributed by atoms with Crippen LogP contribution in [0.25, 0.3) is 16.8 Å². The first-order chi connectivity index (χ1) is 11.7. The van der Waals surface area contributed by atoms with Crippen LogP contribution in [-0.4, -0.2) is 18.5 Å². The summed E-state index contributed by atoms with van der Waals surface area (Å²) in [5, 5.41) is 6.67. The van der Waals surface area contributed by atoms with Crippen molar-refractivity contribution in [2.45, 2.75) is 0 Å². The van der Waals surface area contributed by atoms with E-state index in [1.807, 2.05) is 60.0 Å². The number of rotatable bonds is 5. The van der Waals surface area contributed by atoms with E-state index in [1.165, 1.54) is 17.4 Å². The lowest BCUT2D eigenvalue weighted by Gasteiger charge is -2.08. The molecular weight excluding hydrogens is 322 g/mol. The van der Waals surface area contributed by atoms with Crippen LogP contribution in [0.4, 0.5) is 5.69 Å². The zero-order chi connectivity index (χ0) is 16.8. The first kappa shape index (κ1) is 16.0. The van der Waals surface area contributed by atoms with E-state index in [-0.39, 0.29) is 12.5 Å². The van der Waals surface area contributed by atoms with Crippen molar-refractivity contribution in [2.75, 3.05) is 11.9 Å². The number of carbonyl (C=O) groups excluding carboxylic acids is 2. The molecule has 0 saturated carbocycles. The first-order valence-electron chi connectivity index (χ1n) is 7.38. The molecule has 0 fully saturated rings. The number of amides is 1. The number of esters is 1. The van der Waals surface area contributed by atoms with Crippen molar-refractivity contribution in [3.8, 4) is 0 Å². The summed E-state index contributed by atoms with van der Waals surface area (Å²) in [4.78, 5) is 24.6. The van der Waals surface area contributed by atoms with Gasteiger partial charge in [-0.3, -0.25) is 4.79 Å². The SMILES string of the molecule is O=C(COC(=O)/C=C/c1cccs1)Nc1cccc2ccccc12. The number of fused-ring (bicyclic) bond motifs is 1. The summed E-state index contributed by atoms with van der Waals surface area (Å²) < 4.78 is 4.95. The van der Waals surface area contributed by atoms with Gasteiger partial charge in [0.1, 0.15) is 0 Å². The molecule has 1 heterocycles. The highest BCUT2D eigenvalue weighted by molar-refractivity contribution is 7.10. The first-order valence-corrected chi connectivity index (χ1v) is 8.26. The average molecular weight is 337 g/mol. The van der Waals surface area contributed by atoms with Gasteiger partial charge in [0, 0.05) is 22.0 Å². The summed E-state index contributed by atoms with van der Waals surface area (Å²) in [6.07, 6.45) is 2.98. The molecule has 1 N–H and O–H groups in total. The maximum Gasteiger partial charge on any atom is 0.331 e. The molecule has 0 spiro atoms. The van der Waals surface area contributed by atoms with E-state index in [1.54, 1.807) is 6.08 Å². The number of hydrogen-bond donors (Lipinski definition) is 1. The molecule has 1 amide bonds. The topological polar surface area (TPSA) is 55.4 Å². The third kappa shape index (κ3) is 4.08. The molecule has 2 aromatic carbocycles. The van der Waals surface area contributed by atoms with Crippen LogP contribution in [0, 0.1) is 0 Å². The number of thiophene rings is 1. The van der Waals surface area contributed by atoms with Crippen LogP contribution in [0.5, 0.6) is 0 Å². The van der Waals surface area contributed by atoms with Crippen LogP contribution in [-0.2, 0) is 14.3 Å². The third-order valence-corrected chi connectivity index (χ3v) is 4.17. The molecule has 0 aliphatic rings. The zero-order valence-corrected chi connectivity index (χ0v) is 13.6. The second kappa shape index (κ2) is 7.57. The normalized spacial score (nSPS) is 10.8. The number of carbonyl (C=O) groups is 2. The molecule has 0 aliphatic heterocycles. The minimum absolute atomic E-state index is 0.323. The van der Waals surface area contributed by atoms with Gasteiger partial charge < -0.3 is 10.1 Å². The number of hydrogen-bond acceptors (Lipinski definition) is 4. The Kier molecular flexibility index (Phi) is 5.03. The molecule has 120 valence electrons. The van der Waals surface area contributed by atoms with Gasteiger partial charge in [-0.2, -0.15) is 0 Å². The minimum Gasteiger partial charge on any atom is -0.452 e. The standard InChI is InChI=1S/C19H15NO3S/c21-18(13-23-19(22)11-10-15-7-4-12-24-15)20-17-9-3-6-14-5-1-2-8-16(14)17/h1-12H,13H2,(H,20,21)/b11-10+. The van der Waals surface area contributed by atoms with Gasteiger partial charge in [-0.15, -0.1) is 11.3 Å². The Balaban J connectivity index is 1.56. The summed E-state index contributed by atoms with van der Waals surface area (Å²) in [5.41, 5.74) is 0.697. The molecule has 0 aliphatic carbocycles. The number of ether oxygens (including phenoxy) is 1. The van der Waals surface area contributed by atoms with Crippen LogP contribution >= 0.6 is 11.3 Å². The summed E-state index contributed by atoms with van der Waals surface area (Å²) in [5.74, 6) is -0.916. The molecule has 5 heteroatoms. The van der Waals surface area contributed by atoms with Crippen LogP contribution in [0.2, 0.25) is 0 Å². The lowest BCUT2D eigenvalue weighted by Crippen LogP contribution is -2.20. The quantitative estimate of drug-likeness (QED) is 0.563. The molecule has 0 atom stereocenters. The molecule has 3 rings (SSSR count). The van der Waals surface area contributed by atoms with Crippen LogP contribution in [0.1, 0.15) is 4.88 Å². The largest absolute Gasteiger partial charge is 0.452 e. The average Bonchev–Trinajstić information content (AvgIpc) is 3.12. The Morgan fingerprint density at radius 3 is 2.71 bits per heavy atom. The van der Waals surface area contributed by atoms with E-state index in [9.17, 15) is 9.59 Å². The van der Waals surface area contributed by atoms with E-state index in [4.69, 9.17) is 4.74 Å². The smallest absolute Gasteiger partial charge is 0.331 e. The second-order valence-electron chi connectivity index (χ2n) is 5.03. The van der Waals surface area contributed by atoms with Gasteiger partial charge in [0.2, 0.25) is 0 Å². The summed E-state index contributed by atoms with van der Waals surface area (Å²) in [7, 11) is 0. The molecule has 4 nitrogen and oxygen atoms in total. The summed E-state index contributed by atoms with van der Waals surface area (Å²) in [6.45, 7) is -0.323. The molecule has 3 aromatic rings. The number of anilines is 1. The lowest BCUT2D eigenvalue weighted by atomic mass is 10.1. The maximum atomic E-state index is 12.0. The summed E-state index contributed by atoms with van der Waals surface area (Å²) >= 11 is 1.52. The molecule has 0 unspecified atom stereocenters. The fraction of sp³-hybridized carbons (Fsp3) is 0.0526. The monoisotopic (exact) mass is 337 g/mol. The van der Waals surface area contributed by atoms with Gasteiger partial charge in [0.05, 0.1) is 0 Å². The number of nitrogens with one attached hydrogen (secondary N) is 1. The van der Waals surface area contributed by atoms with Crippen LogP contribution in [0.3, 0.4) is 0 Å². The zero-order valence-electron chi connectivity index (χ0n) is 12.8. The Bertz CT molecular complexity index is 879. The van der Waals surface area contributed by atoms with E-state index in [0.717, 1.165) is 15.6 Å². The molecule has 0 saturated heterocycles. The fourth-order valence-electron chi connectivity index (χ4n) is 2.24. The van der Waals surface area contributed by atoms with Gasteiger partial charge in [0.15, 0.2) is 6.61 Å². The van der Waals surface area contributed by atoms with Crippen molar-refractivity contribution in [2.24, 2.45) is 0 Å². The Morgan fingerprint density at radius 1 is 1.04 bits per heavy atom. The van der Waals surface area contributed by atoms with Crippen molar-refractivity contribution in [1.82, 2.24) is 0 Å². The van der Waals surface area contributed by atoms with Crippen molar-refractivity contribution in [3.05, 3.63) is 70.9 Å². The van der Waals surface area contributed by atoms with Gasteiger partial charge in [-0.1, -0.05) is 42.5 Å². The van der Waals surface area contributed by atoms with Crippen molar-refractivity contribution >= 4 is 45.7 Å². The highest BCUT2D eigenvalue weighted by Gasteiger charge is 2.07. The van der Waals surface area contributed by atoms with Crippen molar-refractivity contribution in [1.29, 1.82) is 0 Å². The van der Waals surface area contributed by atoms with E-state index >= 15 is 0 Å². The van der Waals surface area contributed by atoms with Crippen LogP contribution in [0.15, 0.2) is 66.1 Å². The fourth-order valence-corrected chi connectivity index (χ4v) is 2.86. The second-order valence-corrected chi connectivity index (χ2v) is 6.01. The van der Waals surface area contributed by atoms with Gasteiger partial charge in [0.25, 0.3) is 5.91 Å². The number of benzene rings is 2. The Morgan fingerprint density at radius 2 is 1.88 bits per heavy atom. The molecule has 0 bridgehead atoms. The summed E-state index contributed by atoms with van der Waals surface area (Å²) in [6, 6.07) is 17.2. The molecule has 1 aromatic heterocycles. The molecular formula is C19H15NO3S. The maximum absolute atomic E-state index is 12.0. The van der Waals surface area contributed by atoms with Gasteiger partial charge >= 0.3 is 5.97 Å². The third-order valence-electron chi connectivity index (χ3n) is 3.34. The van der Waals surface area contributed by atoms with E-state index < -0.39 is 5.97 Å². The predicted octanol–water partition coefficient (Wildman–Crippen LogP) is 4.10. The lowest BCUT2D eigenvalue weighted by molar-refractivity contribution is -0.142. The Labute approximate surface area is 143 Å². The van der Waals surface area contributed by atoms with Gasteiger partial charge in [-0.25, -0.2) is 4.79 Å². The molecule has 0 radical (unpaired) electrons. The van der Waals surface area contributed by atoms with Gasteiger partial charge in [-0.05, 0) is 29.0 Å². The van der Waals surface area contributed by atoms with Crippen molar-refractivity contribution < 1.29 is 14.3 Å². The van der Waals surface area contributed by atoms with Crippen molar-refractivity contribution in [3.63, 3.8) is 0 Å². The predicted molar refractivity (Wildman–Crippen MR) is 96.9 cm³/mol.